The zero-order chi connectivity index (χ0) is 22.4. The molecule has 0 amide bonds. The Hall–Kier alpha value is -3.43. The summed E-state index contributed by atoms with van der Waals surface area (Å²) in [6, 6.07) is 16.4. The molecule has 0 saturated carbocycles. The van der Waals surface area contributed by atoms with Crippen LogP contribution in [0.25, 0.3) is 0 Å². The summed E-state index contributed by atoms with van der Waals surface area (Å²) in [6.45, 7) is 0.00288. The standard InChI is InChI=1S/C22H24N2O6S/c1-27-17-5-4-6-19(12-17)30-20-10-8-16(23)11-22(20)31(25,26)24-14-15-7-9-18(28-2)13-21(15)29-3/h4-13,24H,14,23H2,1-3H3. The Labute approximate surface area is 181 Å². The van der Waals surface area contributed by atoms with Crippen LogP contribution in [0.2, 0.25) is 0 Å². The van der Waals surface area contributed by atoms with Crippen LogP contribution in [0.1, 0.15) is 5.56 Å². The minimum Gasteiger partial charge on any atom is -0.497 e. The molecule has 0 aromatic heterocycles. The molecule has 8 nitrogen and oxygen atoms in total. The van der Waals surface area contributed by atoms with Crippen LogP contribution in [0.4, 0.5) is 5.69 Å². The van der Waals surface area contributed by atoms with Gasteiger partial charge in [0.15, 0.2) is 0 Å². The lowest BCUT2D eigenvalue weighted by Crippen LogP contribution is -2.24. The first kappa shape index (κ1) is 22.3. The van der Waals surface area contributed by atoms with Crippen molar-refractivity contribution in [1.29, 1.82) is 0 Å². The van der Waals surface area contributed by atoms with Crippen LogP contribution in [-0.2, 0) is 16.6 Å². The normalized spacial score (nSPS) is 11.1. The maximum atomic E-state index is 13.1. The molecule has 164 valence electrons. The Morgan fingerprint density at radius 1 is 0.806 bits per heavy atom. The molecule has 0 heterocycles. The second-order valence-corrected chi connectivity index (χ2v) is 8.22. The highest BCUT2D eigenvalue weighted by atomic mass is 32.2. The highest BCUT2D eigenvalue weighted by molar-refractivity contribution is 7.89. The van der Waals surface area contributed by atoms with Crippen LogP contribution in [-0.4, -0.2) is 29.7 Å². The van der Waals surface area contributed by atoms with Gasteiger partial charge in [0.25, 0.3) is 0 Å². The number of sulfonamides is 1. The molecule has 0 aliphatic heterocycles. The molecular weight excluding hydrogens is 420 g/mol. The van der Waals surface area contributed by atoms with Crippen molar-refractivity contribution in [2.45, 2.75) is 11.4 Å². The minimum atomic E-state index is -3.96. The number of hydrogen-bond donors (Lipinski definition) is 2. The van der Waals surface area contributed by atoms with Crippen molar-refractivity contribution < 1.29 is 27.4 Å². The Bertz CT molecular complexity index is 1160. The predicted molar refractivity (Wildman–Crippen MR) is 117 cm³/mol. The number of ether oxygens (including phenoxy) is 4. The van der Waals surface area contributed by atoms with E-state index in [4.69, 9.17) is 24.7 Å². The van der Waals surface area contributed by atoms with Gasteiger partial charge in [0.2, 0.25) is 10.0 Å². The summed E-state index contributed by atoms with van der Waals surface area (Å²) >= 11 is 0. The van der Waals surface area contributed by atoms with Gasteiger partial charge in [-0.2, -0.15) is 0 Å². The van der Waals surface area contributed by atoms with E-state index in [2.05, 4.69) is 4.72 Å². The zero-order valence-electron chi connectivity index (χ0n) is 17.4. The smallest absolute Gasteiger partial charge is 0.244 e. The van der Waals surface area contributed by atoms with Crippen LogP contribution in [0, 0.1) is 0 Å². The lowest BCUT2D eigenvalue weighted by atomic mass is 10.2. The maximum Gasteiger partial charge on any atom is 0.244 e. The van der Waals surface area contributed by atoms with Crippen molar-refractivity contribution in [1.82, 2.24) is 4.72 Å². The SMILES string of the molecule is COc1cccc(Oc2ccc(N)cc2S(=O)(=O)NCc2ccc(OC)cc2OC)c1. The number of nitrogen functional groups attached to an aromatic ring is 1. The molecule has 0 spiro atoms. The summed E-state index contributed by atoms with van der Waals surface area (Å²) in [7, 11) is 0.623. The first-order valence-corrected chi connectivity index (χ1v) is 10.8. The number of methoxy groups -OCH3 is 3. The van der Waals surface area contributed by atoms with Gasteiger partial charge in [0.05, 0.1) is 21.3 Å². The van der Waals surface area contributed by atoms with Gasteiger partial charge < -0.3 is 24.7 Å². The molecule has 3 rings (SSSR count). The first-order chi connectivity index (χ1) is 14.9. The van der Waals surface area contributed by atoms with Gasteiger partial charge in [-0.25, -0.2) is 13.1 Å². The molecule has 0 aliphatic rings. The number of rotatable bonds is 9. The van der Waals surface area contributed by atoms with E-state index in [-0.39, 0.29) is 17.2 Å². The number of anilines is 1. The zero-order valence-corrected chi connectivity index (χ0v) is 18.2. The lowest BCUT2D eigenvalue weighted by Gasteiger charge is -2.15. The molecule has 3 aromatic rings. The number of hydrogen-bond acceptors (Lipinski definition) is 7. The Morgan fingerprint density at radius 2 is 1.52 bits per heavy atom. The number of benzene rings is 3. The summed E-state index contributed by atoms with van der Waals surface area (Å²) < 4.78 is 50.2. The van der Waals surface area contributed by atoms with E-state index in [1.54, 1.807) is 55.6 Å². The third-order valence-corrected chi connectivity index (χ3v) is 5.90. The van der Waals surface area contributed by atoms with Gasteiger partial charge in [-0.3, -0.25) is 0 Å². The summed E-state index contributed by atoms with van der Waals surface area (Å²) in [4.78, 5) is -0.0807. The lowest BCUT2D eigenvalue weighted by molar-refractivity contribution is 0.390. The van der Waals surface area contributed by atoms with Crippen LogP contribution < -0.4 is 29.4 Å². The topological polar surface area (TPSA) is 109 Å². The molecule has 0 fully saturated rings. The Morgan fingerprint density at radius 3 is 2.23 bits per heavy atom. The van der Waals surface area contributed by atoms with Gasteiger partial charge in [-0.15, -0.1) is 0 Å². The fraction of sp³-hybridized carbons (Fsp3) is 0.182. The fourth-order valence-corrected chi connectivity index (χ4v) is 4.03. The number of nitrogens with one attached hydrogen (secondary N) is 1. The molecule has 0 saturated heterocycles. The second kappa shape index (κ2) is 9.59. The van der Waals surface area contributed by atoms with Gasteiger partial charge in [0.1, 0.15) is 33.6 Å². The fourth-order valence-electron chi connectivity index (χ4n) is 2.86. The van der Waals surface area contributed by atoms with Crippen molar-refractivity contribution in [3.8, 4) is 28.7 Å². The Kier molecular flexibility index (Phi) is 6.88. The van der Waals surface area contributed by atoms with E-state index in [0.29, 0.717) is 34.2 Å². The maximum absolute atomic E-state index is 13.1. The average Bonchev–Trinajstić information content (AvgIpc) is 2.78. The van der Waals surface area contributed by atoms with Crippen LogP contribution in [0.5, 0.6) is 28.7 Å². The molecule has 3 aromatic carbocycles. The van der Waals surface area contributed by atoms with Crippen LogP contribution >= 0.6 is 0 Å². The van der Waals surface area contributed by atoms with Gasteiger partial charge in [-0.05, 0) is 36.4 Å². The van der Waals surface area contributed by atoms with Crippen molar-refractivity contribution in [3.05, 3.63) is 66.2 Å². The third kappa shape index (κ3) is 5.39. The second-order valence-electron chi connectivity index (χ2n) is 6.49. The molecule has 0 radical (unpaired) electrons. The minimum absolute atomic E-state index is 0.00288. The van der Waals surface area contributed by atoms with Crippen molar-refractivity contribution in [2.24, 2.45) is 0 Å². The summed E-state index contributed by atoms with van der Waals surface area (Å²) in [6.07, 6.45) is 0. The molecule has 0 aliphatic carbocycles. The Balaban J connectivity index is 1.88. The van der Waals surface area contributed by atoms with Gasteiger partial charge >= 0.3 is 0 Å². The quantitative estimate of drug-likeness (QED) is 0.486. The molecule has 0 atom stereocenters. The summed E-state index contributed by atoms with van der Waals surface area (Å²) in [5.74, 6) is 2.26. The molecule has 9 heteroatoms. The van der Waals surface area contributed by atoms with Gasteiger partial charge in [-0.1, -0.05) is 12.1 Å². The van der Waals surface area contributed by atoms with E-state index in [1.165, 1.54) is 26.4 Å². The van der Waals surface area contributed by atoms with Crippen molar-refractivity contribution in [2.75, 3.05) is 27.1 Å². The summed E-state index contributed by atoms with van der Waals surface area (Å²) in [5.41, 5.74) is 6.78. The molecule has 31 heavy (non-hydrogen) atoms. The van der Waals surface area contributed by atoms with E-state index in [9.17, 15) is 8.42 Å². The molecular formula is C22H24N2O6S. The molecule has 3 N–H and O–H groups in total. The summed E-state index contributed by atoms with van der Waals surface area (Å²) in [5, 5.41) is 0. The van der Waals surface area contributed by atoms with Crippen LogP contribution in [0.15, 0.2) is 65.6 Å². The first-order valence-electron chi connectivity index (χ1n) is 9.28. The molecule has 0 unspecified atom stereocenters. The van der Waals surface area contributed by atoms with E-state index in [0.717, 1.165) is 0 Å². The van der Waals surface area contributed by atoms with Crippen LogP contribution in [0.3, 0.4) is 0 Å². The van der Waals surface area contributed by atoms with Gasteiger partial charge in [0, 0.05) is 29.9 Å². The highest BCUT2D eigenvalue weighted by Crippen LogP contribution is 2.32. The predicted octanol–water partition coefficient (Wildman–Crippen LogP) is 3.57. The average molecular weight is 445 g/mol. The van der Waals surface area contributed by atoms with E-state index >= 15 is 0 Å². The third-order valence-electron chi connectivity index (χ3n) is 4.47. The highest BCUT2D eigenvalue weighted by Gasteiger charge is 2.21. The molecule has 0 bridgehead atoms. The largest absolute Gasteiger partial charge is 0.497 e. The number of nitrogens with two attached hydrogens (primary N) is 1. The van der Waals surface area contributed by atoms with E-state index < -0.39 is 10.0 Å². The van der Waals surface area contributed by atoms with E-state index in [1.807, 2.05) is 0 Å². The van der Waals surface area contributed by atoms with Crippen molar-refractivity contribution >= 4 is 15.7 Å². The monoisotopic (exact) mass is 444 g/mol. The van der Waals surface area contributed by atoms with Crippen molar-refractivity contribution in [3.63, 3.8) is 0 Å².